The van der Waals surface area contributed by atoms with Gasteiger partial charge in [-0.3, -0.25) is 9.69 Å². The molecular weight excluding hydrogens is 412 g/mol. The minimum atomic E-state index is 0.192. The number of aryl methyl sites for hydroxylation is 1. The Morgan fingerprint density at radius 3 is 2.53 bits per heavy atom. The molecule has 1 aromatic carbocycles. The van der Waals surface area contributed by atoms with E-state index in [4.69, 9.17) is 4.98 Å². The van der Waals surface area contributed by atoms with Gasteiger partial charge in [-0.15, -0.1) is 22.7 Å². The average Bonchev–Trinajstić information content (AvgIpc) is 3.40. The van der Waals surface area contributed by atoms with Gasteiger partial charge in [0, 0.05) is 36.9 Å². The largest absolute Gasteiger partial charge is 0.342 e. The normalized spacial score (nSPS) is 19.6. The van der Waals surface area contributed by atoms with Crippen molar-refractivity contribution in [1.29, 1.82) is 0 Å². The van der Waals surface area contributed by atoms with Crippen LogP contribution >= 0.6 is 22.7 Å². The highest BCUT2D eigenvalue weighted by molar-refractivity contribution is 7.18. The number of amides is 1. The molecule has 30 heavy (non-hydrogen) atoms. The lowest BCUT2D eigenvalue weighted by Crippen LogP contribution is -2.45. The van der Waals surface area contributed by atoms with Gasteiger partial charge in [0.1, 0.15) is 0 Å². The van der Waals surface area contributed by atoms with Gasteiger partial charge in [0.25, 0.3) is 0 Å². The van der Waals surface area contributed by atoms with Crippen LogP contribution in [0.4, 0.5) is 0 Å². The van der Waals surface area contributed by atoms with Crippen LogP contribution in [0.1, 0.15) is 47.3 Å². The van der Waals surface area contributed by atoms with Crippen molar-refractivity contribution < 1.29 is 4.79 Å². The number of aromatic nitrogens is 2. The zero-order chi connectivity index (χ0) is 20.5. The summed E-state index contributed by atoms with van der Waals surface area (Å²) >= 11 is 3.53. The fourth-order valence-corrected chi connectivity index (χ4v) is 6.46. The molecule has 1 amide bonds. The number of carbonyl (C=O) groups is 1. The highest BCUT2D eigenvalue weighted by atomic mass is 32.1. The Balaban J connectivity index is 1.12. The SMILES string of the molecule is Cc1nc(CN2CCC(C(=O)N3CCC(c4nc5ccccc5s4)CC3)CC2)cs1. The summed E-state index contributed by atoms with van der Waals surface area (Å²) in [6, 6.07) is 8.37. The van der Waals surface area contributed by atoms with Crippen LogP contribution < -0.4 is 0 Å². The minimum absolute atomic E-state index is 0.192. The zero-order valence-electron chi connectivity index (χ0n) is 17.4. The summed E-state index contributed by atoms with van der Waals surface area (Å²) in [6.07, 6.45) is 4.01. The summed E-state index contributed by atoms with van der Waals surface area (Å²) < 4.78 is 1.27. The van der Waals surface area contributed by atoms with Crippen LogP contribution in [0.25, 0.3) is 10.2 Å². The number of para-hydroxylation sites is 1. The van der Waals surface area contributed by atoms with E-state index >= 15 is 0 Å². The summed E-state index contributed by atoms with van der Waals surface area (Å²) in [4.78, 5) is 27.1. The van der Waals surface area contributed by atoms with Gasteiger partial charge in [-0.05, 0) is 57.8 Å². The Bertz CT molecular complexity index is 980. The van der Waals surface area contributed by atoms with E-state index in [2.05, 4.69) is 51.4 Å². The molecule has 2 saturated heterocycles. The number of likely N-dealkylation sites (tertiary alicyclic amines) is 2. The third-order valence-corrected chi connectivity index (χ3v) is 8.48. The lowest BCUT2D eigenvalue weighted by atomic mass is 9.92. The molecule has 0 spiro atoms. The summed E-state index contributed by atoms with van der Waals surface area (Å²) in [5, 5.41) is 4.53. The molecule has 7 heteroatoms. The first-order valence-corrected chi connectivity index (χ1v) is 12.6. The van der Waals surface area contributed by atoms with Gasteiger partial charge in [0.15, 0.2) is 0 Å². The van der Waals surface area contributed by atoms with Gasteiger partial charge in [-0.25, -0.2) is 9.97 Å². The van der Waals surface area contributed by atoms with E-state index in [9.17, 15) is 4.79 Å². The Morgan fingerprint density at radius 1 is 1.07 bits per heavy atom. The summed E-state index contributed by atoms with van der Waals surface area (Å²) in [5.74, 6) is 1.06. The van der Waals surface area contributed by atoms with Crippen molar-refractivity contribution in [2.75, 3.05) is 26.2 Å². The molecule has 0 radical (unpaired) electrons. The number of nitrogens with zero attached hydrogens (tertiary/aromatic N) is 4. The number of hydrogen-bond donors (Lipinski definition) is 0. The molecule has 5 rings (SSSR count). The quantitative estimate of drug-likeness (QED) is 0.591. The Labute approximate surface area is 185 Å². The van der Waals surface area contributed by atoms with E-state index in [1.165, 1.54) is 15.4 Å². The number of rotatable bonds is 4. The van der Waals surface area contributed by atoms with Crippen LogP contribution in [0.3, 0.4) is 0 Å². The molecule has 2 aromatic heterocycles. The van der Waals surface area contributed by atoms with Gasteiger partial charge in [0.2, 0.25) is 5.91 Å². The molecule has 0 unspecified atom stereocenters. The predicted octanol–water partition coefficient (Wildman–Crippen LogP) is 4.68. The van der Waals surface area contributed by atoms with Crippen LogP contribution in [0.15, 0.2) is 29.6 Å². The van der Waals surface area contributed by atoms with Crippen LogP contribution in [-0.4, -0.2) is 51.9 Å². The highest BCUT2D eigenvalue weighted by Gasteiger charge is 2.32. The van der Waals surface area contributed by atoms with Crippen LogP contribution in [0.5, 0.6) is 0 Å². The smallest absolute Gasteiger partial charge is 0.225 e. The van der Waals surface area contributed by atoms with Crippen molar-refractivity contribution in [2.24, 2.45) is 5.92 Å². The molecule has 2 aliphatic rings. The topological polar surface area (TPSA) is 49.3 Å². The van der Waals surface area contributed by atoms with Gasteiger partial charge < -0.3 is 4.90 Å². The standard InChI is InChI=1S/C23H28N4OS2/c1-16-24-19(15-29-16)14-26-10-6-18(7-11-26)23(28)27-12-8-17(9-13-27)22-25-20-4-2-3-5-21(20)30-22/h2-5,15,17-18H,6-14H2,1H3. The van der Waals surface area contributed by atoms with Gasteiger partial charge in [-0.1, -0.05) is 12.1 Å². The molecular formula is C23H28N4OS2. The van der Waals surface area contributed by atoms with Gasteiger partial charge in [0.05, 0.1) is 25.9 Å². The van der Waals surface area contributed by atoms with E-state index in [-0.39, 0.29) is 5.92 Å². The number of piperidine rings is 2. The van der Waals surface area contributed by atoms with E-state index in [1.54, 1.807) is 11.3 Å². The minimum Gasteiger partial charge on any atom is -0.342 e. The van der Waals surface area contributed by atoms with Crippen molar-refractivity contribution in [3.63, 3.8) is 0 Å². The van der Waals surface area contributed by atoms with Crippen molar-refractivity contribution in [1.82, 2.24) is 19.8 Å². The number of benzene rings is 1. The second-order valence-electron chi connectivity index (χ2n) is 8.53. The second-order valence-corrected chi connectivity index (χ2v) is 10.7. The van der Waals surface area contributed by atoms with Crippen molar-refractivity contribution >= 4 is 38.8 Å². The Hall–Kier alpha value is -1.83. The molecule has 3 aromatic rings. The van der Waals surface area contributed by atoms with Crippen LogP contribution in [0, 0.1) is 12.8 Å². The maximum atomic E-state index is 13.1. The molecule has 158 valence electrons. The maximum Gasteiger partial charge on any atom is 0.225 e. The molecule has 2 fully saturated rings. The molecule has 0 N–H and O–H groups in total. The van der Waals surface area contributed by atoms with E-state index < -0.39 is 0 Å². The third-order valence-electron chi connectivity index (χ3n) is 6.46. The van der Waals surface area contributed by atoms with E-state index in [0.717, 1.165) is 68.9 Å². The molecule has 5 nitrogen and oxygen atoms in total. The Morgan fingerprint density at radius 2 is 1.83 bits per heavy atom. The van der Waals surface area contributed by atoms with Gasteiger partial charge in [-0.2, -0.15) is 0 Å². The lowest BCUT2D eigenvalue weighted by Gasteiger charge is -2.36. The lowest BCUT2D eigenvalue weighted by molar-refractivity contribution is -0.138. The van der Waals surface area contributed by atoms with Crippen molar-refractivity contribution in [3.05, 3.63) is 45.4 Å². The Kier molecular flexibility index (Phi) is 5.85. The van der Waals surface area contributed by atoms with E-state index in [1.807, 2.05) is 11.3 Å². The molecule has 0 bridgehead atoms. The highest BCUT2D eigenvalue weighted by Crippen LogP contribution is 2.34. The average molecular weight is 441 g/mol. The van der Waals surface area contributed by atoms with Crippen molar-refractivity contribution in [2.45, 2.75) is 45.1 Å². The fourth-order valence-electron chi connectivity index (χ4n) is 4.72. The summed E-state index contributed by atoms with van der Waals surface area (Å²) in [5.41, 5.74) is 2.27. The fraction of sp³-hybridized carbons (Fsp3) is 0.522. The monoisotopic (exact) mass is 440 g/mol. The van der Waals surface area contributed by atoms with Crippen molar-refractivity contribution in [3.8, 4) is 0 Å². The maximum absolute atomic E-state index is 13.1. The number of thiazole rings is 2. The number of fused-ring (bicyclic) bond motifs is 1. The molecule has 0 saturated carbocycles. The van der Waals surface area contributed by atoms with Crippen LogP contribution in [0.2, 0.25) is 0 Å². The molecule has 0 atom stereocenters. The molecule has 4 heterocycles. The summed E-state index contributed by atoms with van der Waals surface area (Å²) in [6.45, 7) is 6.71. The molecule has 0 aliphatic carbocycles. The molecule has 2 aliphatic heterocycles. The predicted molar refractivity (Wildman–Crippen MR) is 123 cm³/mol. The van der Waals surface area contributed by atoms with Gasteiger partial charge >= 0.3 is 0 Å². The van der Waals surface area contributed by atoms with Crippen LogP contribution in [-0.2, 0) is 11.3 Å². The number of hydrogen-bond acceptors (Lipinski definition) is 6. The third kappa shape index (κ3) is 4.29. The first-order chi connectivity index (χ1) is 14.7. The first-order valence-electron chi connectivity index (χ1n) is 10.9. The van der Waals surface area contributed by atoms with E-state index in [0.29, 0.717) is 11.8 Å². The summed E-state index contributed by atoms with van der Waals surface area (Å²) in [7, 11) is 0. The number of carbonyl (C=O) groups excluding carboxylic acids is 1. The zero-order valence-corrected chi connectivity index (χ0v) is 19.1. The first kappa shape index (κ1) is 20.1. The second kappa shape index (κ2) is 8.73.